The van der Waals surface area contributed by atoms with Crippen LogP contribution in [0, 0.1) is 5.41 Å². The number of fused-ring (bicyclic) bond motifs is 2. The third kappa shape index (κ3) is 3.09. The van der Waals surface area contributed by atoms with E-state index in [0.717, 1.165) is 42.2 Å². The third-order valence-electron chi connectivity index (χ3n) is 5.78. The highest BCUT2D eigenvalue weighted by Crippen LogP contribution is 2.38. The molecule has 0 bridgehead atoms. The number of aromatic nitrogens is 2. The van der Waals surface area contributed by atoms with Crippen molar-refractivity contribution >= 4 is 11.6 Å². The van der Waals surface area contributed by atoms with Gasteiger partial charge in [-0.05, 0) is 48.1 Å². The summed E-state index contributed by atoms with van der Waals surface area (Å²) in [6.07, 6.45) is 6.24. The number of rotatable bonds is 4. The molecule has 0 aliphatic carbocycles. The lowest BCUT2D eigenvalue weighted by atomic mass is 9.76. The van der Waals surface area contributed by atoms with Gasteiger partial charge in [-0.3, -0.25) is 4.79 Å². The fraction of sp³-hybridized carbons (Fsp3) is 0.364. The molecular weight excluding hydrogens is 354 g/mol. The van der Waals surface area contributed by atoms with Crippen LogP contribution in [-0.4, -0.2) is 33.5 Å². The Labute approximate surface area is 163 Å². The lowest BCUT2D eigenvalue weighted by Gasteiger charge is -2.40. The summed E-state index contributed by atoms with van der Waals surface area (Å²) in [4.78, 5) is 19.0. The van der Waals surface area contributed by atoms with Gasteiger partial charge in [0.25, 0.3) is 0 Å². The van der Waals surface area contributed by atoms with Crippen LogP contribution in [0.1, 0.15) is 31.0 Å². The second kappa shape index (κ2) is 6.55. The molecule has 6 heteroatoms. The van der Waals surface area contributed by atoms with Crippen molar-refractivity contribution in [2.24, 2.45) is 5.41 Å². The molecule has 2 aromatic heterocycles. The third-order valence-corrected chi connectivity index (χ3v) is 5.78. The molecule has 0 spiro atoms. The highest BCUT2D eigenvalue weighted by molar-refractivity contribution is 5.77. The van der Waals surface area contributed by atoms with Gasteiger partial charge >= 0.3 is 0 Å². The summed E-state index contributed by atoms with van der Waals surface area (Å²) in [5.41, 5.74) is 3.19. The Hall–Kier alpha value is -3.02. The summed E-state index contributed by atoms with van der Waals surface area (Å²) >= 11 is 0. The Bertz CT molecular complexity index is 1040. The number of nitrogens with zero attached hydrogens (tertiary/aromatic N) is 3. The van der Waals surface area contributed by atoms with Crippen LogP contribution in [0.5, 0.6) is 11.5 Å². The molecule has 2 aliphatic rings. The molecule has 4 heterocycles. The lowest BCUT2D eigenvalue weighted by Crippen LogP contribution is -2.45. The number of carbonyl (C=O) groups is 1. The van der Waals surface area contributed by atoms with Gasteiger partial charge in [0, 0.05) is 19.2 Å². The first-order valence-corrected chi connectivity index (χ1v) is 9.67. The summed E-state index contributed by atoms with van der Waals surface area (Å²) in [6.45, 7) is 3.88. The second-order valence-electron chi connectivity index (χ2n) is 8.10. The number of likely N-dealkylation sites (tertiary alicyclic amines) is 1. The van der Waals surface area contributed by atoms with Crippen molar-refractivity contribution in [3.63, 3.8) is 0 Å². The van der Waals surface area contributed by atoms with E-state index in [1.165, 1.54) is 5.56 Å². The minimum Gasteiger partial charge on any atom is -0.454 e. The van der Waals surface area contributed by atoms with Crippen LogP contribution in [0.2, 0.25) is 0 Å². The summed E-state index contributed by atoms with van der Waals surface area (Å²) in [5.74, 6) is 1.84. The van der Waals surface area contributed by atoms with Crippen molar-refractivity contribution in [1.82, 2.24) is 14.3 Å². The first-order chi connectivity index (χ1) is 13.6. The average molecular weight is 377 g/mol. The number of benzene rings is 1. The quantitative estimate of drug-likeness (QED) is 0.699. The van der Waals surface area contributed by atoms with Gasteiger partial charge < -0.3 is 18.8 Å². The fourth-order valence-electron chi connectivity index (χ4n) is 4.32. The predicted molar refractivity (Wildman–Crippen MR) is 104 cm³/mol. The van der Waals surface area contributed by atoms with Crippen LogP contribution in [0.4, 0.5) is 0 Å². The van der Waals surface area contributed by atoms with E-state index in [2.05, 4.69) is 28.4 Å². The Balaban J connectivity index is 1.35. The number of imidazole rings is 1. The highest BCUT2D eigenvalue weighted by atomic mass is 16.7. The Morgan fingerprint density at radius 3 is 3.00 bits per heavy atom. The SMILES string of the molecule is CC1(Cc2ccc3c(c2)OCO3)CCC(=O)N(Cc2cnc3ccccn23)C1. The maximum atomic E-state index is 12.6. The molecule has 1 amide bonds. The zero-order valence-corrected chi connectivity index (χ0v) is 15.9. The van der Waals surface area contributed by atoms with Crippen LogP contribution in [0.3, 0.4) is 0 Å². The molecule has 1 unspecified atom stereocenters. The minimum atomic E-state index is 0.0299. The van der Waals surface area contributed by atoms with E-state index in [4.69, 9.17) is 9.47 Å². The molecule has 0 radical (unpaired) electrons. The molecule has 144 valence electrons. The number of piperidine rings is 1. The maximum absolute atomic E-state index is 12.6. The molecule has 0 N–H and O–H groups in total. The summed E-state index contributed by atoms with van der Waals surface area (Å²) < 4.78 is 13.0. The molecule has 6 nitrogen and oxygen atoms in total. The zero-order valence-electron chi connectivity index (χ0n) is 15.9. The van der Waals surface area contributed by atoms with Crippen molar-refractivity contribution in [3.8, 4) is 11.5 Å². The van der Waals surface area contributed by atoms with E-state index in [1.54, 1.807) is 0 Å². The van der Waals surface area contributed by atoms with Gasteiger partial charge in [0.1, 0.15) is 5.65 Å². The molecular formula is C22H23N3O3. The number of amides is 1. The Morgan fingerprint density at radius 2 is 2.07 bits per heavy atom. The smallest absolute Gasteiger partial charge is 0.231 e. The molecule has 28 heavy (non-hydrogen) atoms. The number of ether oxygens (including phenoxy) is 2. The summed E-state index contributed by atoms with van der Waals surface area (Å²) in [6, 6.07) is 12.1. The van der Waals surface area contributed by atoms with E-state index >= 15 is 0 Å². The molecule has 2 aliphatic heterocycles. The van der Waals surface area contributed by atoms with Crippen molar-refractivity contribution in [3.05, 3.63) is 60.0 Å². The van der Waals surface area contributed by atoms with Gasteiger partial charge in [0.15, 0.2) is 11.5 Å². The lowest BCUT2D eigenvalue weighted by molar-refractivity contribution is -0.138. The predicted octanol–water partition coefficient (Wildman–Crippen LogP) is 3.43. The second-order valence-corrected chi connectivity index (χ2v) is 8.10. The zero-order chi connectivity index (χ0) is 19.1. The van der Waals surface area contributed by atoms with Gasteiger partial charge in [0.05, 0.1) is 18.4 Å². The monoisotopic (exact) mass is 377 g/mol. The maximum Gasteiger partial charge on any atom is 0.231 e. The van der Waals surface area contributed by atoms with Crippen LogP contribution in [0.15, 0.2) is 48.8 Å². The number of hydrogen-bond donors (Lipinski definition) is 0. The summed E-state index contributed by atoms with van der Waals surface area (Å²) in [7, 11) is 0. The van der Waals surface area contributed by atoms with Gasteiger partial charge in [-0.15, -0.1) is 0 Å². The highest BCUT2D eigenvalue weighted by Gasteiger charge is 2.35. The molecule has 1 aromatic carbocycles. The molecule has 0 saturated carbocycles. The molecule has 5 rings (SSSR count). The molecule has 1 atom stereocenters. The first-order valence-electron chi connectivity index (χ1n) is 9.67. The topological polar surface area (TPSA) is 56.1 Å². The number of carbonyl (C=O) groups excluding carboxylic acids is 1. The fourth-order valence-corrected chi connectivity index (χ4v) is 4.32. The van der Waals surface area contributed by atoms with Crippen LogP contribution in [0.25, 0.3) is 5.65 Å². The van der Waals surface area contributed by atoms with Gasteiger partial charge in [-0.25, -0.2) is 4.98 Å². The molecule has 1 fully saturated rings. The first kappa shape index (κ1) is 17.1. The van der Waals surface area contributed by atoms with Crippen molar-refractivity contribution < 1.29 is 14.3 Å². The van der Waals surface area contributed by atoms with Crippen LogP contribution < -0.4 is 9.47 Å². The van der Waals surface area contributed by atoms with Crippen molar-refractivity contribution in [2.45, 2.75) is 32.7 Å². The minimum absolute atomic E-state index is 0.0299. The van der Waals surface area contributed by atoms with Gasteiger partial charge in [-0.2, -0.15) is 0 Å². The average Bonchev–Trinajstić information content (AvgIpc) is 3.32. The van der Waals surface area contributed by atoms with Crippen molar-refractivity contribution in [2.75, 3.05) is 13.3 Å². The van der Waals surface area contributed by atoms with E-state index in [-0.39, 0.29) is 18.1 Å². The largest absolute Gasteiger partial charge is 0.454 e. The van der Waals surface area contributed by atoms with E-state index in [0.29, 0.717) is 13.0 Å². The standard InChI is InChI=1S/C22H23N3O3/c1-22(11-16-5-6-18-19(10-16)28-15-27-18)8-7-21(26)24(14-22)13-17-12-23-20-4-2-3-9-25(17)20/h2-6,9-10,12H,7-8,11,13-15H2,1H3. The van der Waals surface area contributed by atoms with Crippen LogP contribution >= 0.6 is 0 Å². The Morgan fingerprint density at radius 1 is 1.18 bits per heavy atom. The van der Waals surface area contributed by atoms with E-state index in [9.17, 15) is 4.79 Å². The van der Waals surface area contributed by atoms with E-state index < -0.39 is 0 Å². The molecule has 3 aromatic rings. The number of pyridine rings is 1. The Kier molecular flexibility index (Phi) is 4.00. The van der Waals surface area contributed by atoms with Crippen molar-refractivity contribution in [1.29, 1.82) is 0 Å². The van der Waals surface area contributed by atoms with E-state index in [1.807, 2.05) is 41.6 Å². The summed E-state index contributed by atoms with van der Waals surface area (Å²) in [5, 5.41) is 0. The van der Waals surface area contributed by atoms with Crippen LogP contribution in [-0.2, 0) is 17.8 Å². The normalized spacial score (nSPS) is 21.5. The van der Waals surface area contributed by atoms with Gasteiger partial charge in [0.2, 0.25) is 12.7 Å². The van der Waals surface area contributed by atoms with Gasteiger partial charge in [-0.1, -0.05) is 19.1 Å². The molecule has 1 saturated heterocycles. The number of hydrogen-bond acceptors (Lipinski definition) is 4.